The van der Waals surface area contributed by atoms with Gasteiger partial charge in [-0.25, -0.2) is 0 Å². The number of hydrazone groups is 1. The van der Waals surface area contributed by atoms with Gasteiger partial charge in [-0.3, -0.25) is 5.43 Å². The Labute approximate surface area is 95.6 Å². The van der Waals surface area contributed by atoms with E-state index in [0.717, 1.165) is 12.1 Å². The molecular formula is C11H15N3S. The molecule has 2 N–H and O–H groups in total. The van der Waals surface area contributed by atoms with Crippen LogP contribution in [0.25, 0.3) is 0 Å². The second kappa shape index (κ2) is 6.14. The second-order valence-electron chi connectivity index (χ2n) is 3.14. The smallest absolute Gasteiger partial charge is 0.186 e. The van der Waals surface area contributed by atoms with Crippen LogP contribution in [0.5, 0.6) is 0 Å². The van der Waals surface area contributed by atoms with Crippen LogP contribution in [0.1, 0.15) is 18.1 Å². The molecule has 0 aromatic heterocycles. The average molecular weight is 221 g/mol. The van der Waals surface area contributed by atoms with E-state index >= 15 is 0 Å². The lowest BCUT2D eigenvalue weighted by molar-refractivity contribution is 0.904. The highest BCUT2D eigenvalue weighted by atomic mass is 32.1. The van der Waals surface area contributed by atoms with Gasteiger partial charge < -0.3 is 5.32 Å². The van der Waals surface area contributed by atoms with Crippen LogP contribution in [0.15, 0.2) is 29.4 Å². The first kappa shape index (κ1) is 11.7. The van der Waals surface area contributed by atoms with Gasteiger partial charge in [-0.05, 0) is 31.6 Å². The summed E-state index contributed by atoms with van der Waals surface area (Å²) in [5.74, 6) is 0. The van der Waals surface area contributed by atoms with Crippen molar-refractivity contribution >= 4 is 23.5 Å². The monoisotopic (exact) mass is 221 g/mol. The SMILES string of the molecule is CCNC(=S)NN=Cc1ccc(C)cc1. The van der Waals surface area contributed by atoms with Gasteiger partial charge >= 0.3 is 0 Å². The molecule has 0 aliphatic heterocycles. The summed E-state index contributed by atoms with van der Waals surface area (Å²) in [5.41, 5.74) is 5.02. The maximum Gasteiger partial charge on any atom is 0.186 e. The largest absolute Gasteiger partial charge is 0.362 e. The van der Waals surface area contributed by atoms with Gasteiger partial charge in [0.25, 0.3) is 0 Å². The number of benzene rings is 1. The van der Waals surface area contributed by atoms with Gasteiger partial charge in [0.1, 0.15) is 0 Å². The first-order valence-electron chi connectivity index (χ1n) is 4.86. The molecule has 1 aromatic carbocycles. The van der Waals surface area contributed by atoms with E-state index in [1.165, 1.54) is 5.56 Å². The van der Waals surface area contributed by atoms with Crippen molar-refractivity contribution in [1.82, 2.24) is 10.7 Å². The molecule has 0 amide bonds. The van der Waals surface area contributed by atoms with Crippen LogP contribution in [-0.2, 0) is 0 Å². The molecule has 0 saturated carbocycles. The molecule has 0 bridgehead atoms. The average Bonchev–Trinajstić information content (AvgIpc) is 2.21. The topological polar surface area (TPSA) is 36.4 Å². The molecule has 1 rings (SSSR count). The van der Waals surface area contributed by atoms with Crippen molar-refractivity contribution in [3.05, 3.63) is 35.4 Å². The lowest BCUT2D eigenvalue weighted by Gasteiger charge is -2.02. The molecule has 0 heterocycles. The molecule has 1 aromatic rings. The molecule has 4 heteroatoms. The minimum Gasteiger partial charge on any atom is -0.362 e. The Balaban J connectivity index is 2.44. The van der Waals surface area contributed by atoms with Gasteiger partial charge in [0.2, 0.25) is 0 Å². The number of hydrogen-bond acceptors (Lipinski definition) is 2. The Morgan fingerprint density at radius 2 is 2.07 bits per heavy atom. The van der Waals surface area contributed by atoms with E-state index in [0.29, 0.717) is 5.11 Å². The Bertz CT molecular complexity index is 343. The van der Waals surface area contributed by atoms with Gasteiger partial charge in [0.05, 0.1) is 6.21 Å². The zero-order valence-corrected chi connectivity index (χ0v) is 9.77. The molecule has 15 heavy (non-hydrogen) atoms. The van der Waals surface area contributed by atoms with Crippen molar-refractivity contribution in [3.63, 3.8) is 0 Å². The number of nitrogens with zero attached hydrogens (tertiary/aromatic N) is 1. The highest BCUT2D eigenvalue weighted by Gasteiger charge is 1.89. The van der Waals surface area contributed by atoms with E-state index < -0.39 is 0 Å². The van der Waals surface area contributed by atoms with E-state index in [1.807, 2.05) is 31.2 Å². The molecule has 0 radical (unpaired) electrons. The Morgan fingerprint density at radius 3 is 2.67 bits per heavy atom. The summed E-state index contributed by atoms with van der Waals surface area (Å²) in [6.07, 6.45) is 1.74. The predicted octanol–water partition coefficient (Wildman–Crippen LogP) is 1.81. The first-order chi connectivity index (χ1) is 7.22. The second-order valence-corrected chi connectivity index (χ2v) is 3.55. The number of rotatable bonds is 3. The Hall–Kier alpha value is -1.42. The van der Waals surface area contributed by atoms with Crippen LogP contribution in [0.2, 0.25) is 0 Å². The Kier molecular flexibility index (Phi) is 4.77. The van der Waals surface area contributed by atoms with Crippen molar-refractivity contribution in [2.24, 2.45) is 5.10 Å². The molecule has 0 saturated heterocycles. The van der Waals surface area contributed by atoms with Crippen molar-refractivity contribution in [2.75, 3.05) is 6.54 Å². The van der Waals surface area contributed by atoms with E-state index in [2.05, 4.69) is 22.8 Å². The molecule has 0 aliphatic rings. The van der Waals surface area contributed by atoms with Crippen LogP contribution in [0, 0.1) is 6.92 Å². The van der Waals surface area contributed by atoms with Crippen molar-refractivity contribution in [2.45, 2.75) is 13.8 Å². The van der Waals surface area contributed by atoms with Crippen LogP contribution in [0.3, 0.4) is 0 Å². The maximum absolute atomic E-state index is 4.95. The summed E-state index contributed by atoms with van der Waals surface area (Å²) < 4.78 is 0. The van der Waals surface area contributed by atoms with Gasteiger partial charge in [-0.2, -0.15) is 5.10 Å². The zero-order chi connectivity index (χ0) is 11.1. The van der Waals surface area contributed by atoms with Crippen LogP contribution in [-0.4, -0.2) is 17.9 Å². The molecule has 0 unspecified atom stereocenters. The van der Waals surface area contributed by atoms with Crippen molar-refractivity contribution in [3.8, 4) is 0 Å². The lowest BCUT2D eigenvalue weighted by Crippen LogP contribution is -2.31. The number of aryl methyl sites for hydroxylation is 1. The molecule has 0 aliphatic carbocycles. The summed E-state index contributed by atoms with van der Waals surface area (Å²) in [6.45, 7) is 4.84. The highest BCUT2D eigenvalue weighted by Crippen LogP contribution is 1.99. The Morgan fingerprint density at radius 1 is 1.40 bits per heavy atom. The van der Waals surface area contributed by atoms with Gasteiger partial charge in [-0.1, -0.05) is 29.8 Å². The normalized spacial score (nSPS) is 10.3. The molecule has 0 fully saturated rings. The van der Waals surface area contributed by atoms with Gasteiger partial charge in [-0.15, -0.1) is 0 Å². The molecule has 0 spiro atoms. The minimum absolute atomic E-state index is 0.542. The van der Waals surface area contributed by atoms with E-state index in [4.69, 9.17) is 12.2 Å². The summed E-state index contributed by atoms with van der Waals surface area (Å²) in [4.78, 5) is 0. The third kappa shape index (κ3) is 4.56. The van der Waals surface area contributed by atoms with Gasteiger partial charge in [0, 0.05) is 6.54 Å². The molecule has 3 nitrogen and oxygen atoms in total. The fraction of sp³-hybridized carbons (Fsp3) is 0.273. The summed E-state index contributed by atoms with van der Waals surface area (Å²) in [6, 6.07) is 8.11. The maximum atomic E-state index is 4.95. The molecular weight excluding hydrogens is 206 g/mol. The van der Waals surface area contributed by atoms with Crippen LogP contribution in [0.4, 0.5) is 0 Å². The van der Waals surface area contributed by atoms with Crippen molar-refractivity contribution < 1.29 is 0 Å². The summed E-state index contributed by atoms with van der Waals surface area (Å²) in [5, 5.41) is 7.50. The standard InChI is InChI=1S/C11H15N3S/c1-3-12-11(15)14-13-8-10-6-4-9(2)5-7-10/h4-8H,3H2,1-2H3,(H2,12,14,15). The van der Waals surface area contributed by atoms with E-state index in [1.54, 1.807) is 6.21 Å². The van der Waals surface area contributed by atoms with Crippen LogP contribution >= 0.6 is 12.2 Å². The fourth-order valence-corrected chi connectivity index (χ4v) is 1.22. The minimum atomic E-state index is 0.542. The fourth-order valence-electron chi connectivity index (χ4n) is 1.02. The third-order valence-corrected chi connectivity index (χ3v) is 2.03. The van der Waals surface area contributed by atoms with Gasteiger partial charge in [0.15, 0.2) is 5.11 Å². The quantitative estimate of drug-likeness (QED) is 0.464. The van der Waals surface area contributed by atoms with E-state index in [9.17, 15) is 0 Å². The lowest BCUT2D eigenvalue weighted by atomic mass is 10.2. The van der Waals surface area contributed by atoms with Crippen molar-refractivity contribution in [1.29, 1.82) is 0 Å². The highest BCUT2D eigenvalue weighted by molar-refractivity contribution is 7.80. The first-order valence-corrected chi connectivity index (χ1v) is 5.26. The summed E-state index contributed by atoms with van der Waals surface area (Å²) >= 11 is 4.95. The number of hydrogen-bond donors (Lipinski definition) is 2. The number of nitrogens with one attached hydrogen (secondary N) is 2. The molecule has 0 atom stereocenters. The number of thiocarbonyl (C=S) groups is 1. The third-order valence-electron chi connectivity index (χ3n) is 1.79. The van der Waals surface area contributed by atoms with E-state index in [-0.39, 0.29) is 0 Å². The van der Waals surface area contributed by atoms with Crippen LogP contribution < -0.4 is 10.7 Å². The molecule has 80 valence electrons. The summed E-state index contributed by atoms with van der Waals surface area (Å²) in [7, 11) is 0. The zero-order valence-electron chi connectivity index (χ0n) is 8.95. The predicted molar refractivity (Wildman–Crippen MR) is 68.2 cm³/mol.